The van der Waals surface area contributed by atoms with Crippen LogP contribution in [0.25, 0.3) is 11.0 Å². The maximum Gasteiger partial charge on any atom is 0.273 e. The van der Waals surface area contributed by atoms with E-state index in [4.69, 9.17) is 0 Å². The van der Waals surface area contributed by atoms with Gasteiger partial charge in [-0.15, -0.1) is 0 Å². The summed E-state index contributed by atoms with van der Waals surface area (Å²) in [4.78, 5) is 29.8. The monoisotopic (exact) mass is 392 g/mol. The molecule has 152 valence electrons. The summed E-state index contributed by atoms with van der Waals surface area (Å²) in [6.07, 6.45) is 2.17. The number of aromatic amines is 1. The molecule has 6 heteroatoms. The van der Waals surface area contributed by atoms with Gasteiger partial charge in [0.05, 0.1) is 17.8 Å². The van der Waals surface area contributed by atoms with Gasteiger partial charge in [0.25, 0.3) is 5.56 Å². The molecule has 2 aromatic heterocycles. The van der Waals surface area contributed by atoms with E-state index in [1.165, 1.54) is 11.1 Å². The summed E-state index contributed by atoms with van der Waals surface area (Å²) >= 11 is 0. The van der Waals surface area contributed by atoms with Crippen molar-refractivity contribution >= 4 is 16.9 Å². The predicted octanol–water partition coefficient (Wildman–Crippen LogP) is 3.35. The second-order valence-corrected chi connectivity index (χ2v) is 8.81. The Kier molecular flexibility index (Phi) is 4.60. The van der Waals surface area contributed by atoms with Crippen molar-refractivity contribution in [1.29, 1.82) is 0 Å². The van der Waals surface area contributed by atoms with Crippen LogP contribution in [0.15, 0.2) is 29.1 Å². The standard InChI is InChI=1S/C23H28N4O2/c1-13-16(14(2)24-21-20(13)22(29)26-27(21)5)12-19(28)25-18-10-11-23(3,4)17-9-7-6-8-15(17)18/h6-9,18H,10-12H2,1-5H3,(H,25,28)(H,26,29)/t18-/m0/s1. The number of H-pyrrole nitrogens is 1. The number of aryl methyl sites for hydroxylation is 3. The third kappa shape index (κ3) is 3.26. The van der Waals surface area contributed by atoms with Gasteiger partial charge in [0, 0.05) is 12.7 Å². The van der Waals surface area contributed by atoms with Gasteiger partial charge in [-0.05, 0) is 54.4 Å². The molecule has 1 aromatic carbocycles. The molecule has 0 fully saturated rings. The fraction of sp³-hybridized carbons (Fsp3) is 0.435. The minimum atomic E-state index is -0.169. The van der Waals surface area contributed by atoms with Crippen LogP contribution >= 0.6 is 0 Å². The Labute approximate surface area is 170 Å². The third-order valence-electron chi connectivity index (χ3n) is 6.37. The third-order valence-corrected chi connectivity index (χ3v) is 6.37. The number of benzene rings is 1. The fourth-order valence-electron chi connectivity index (χ4n) is 4.68. The lowest BCUT2D eigenvalue weighted by Gasteiger charge is -2.37. The lowest BCUT2D eigenvalue weighted by atomic mass is 9.71. The van der Waals surface area contributed by atoms with E-state index in [1.807, 2.05) is 19.9 Å². The first-order valence-electron chi connectivity index (χ1n) is 10.1. The van der Waals surface area contributed by atoms with Gasteiger partial charge in [0.1, 0.15) is 0 Å². The Balaban J connectivity index is 1.62. The molecule has 0 bridgehead atoms. The molecule has 0 saturated carbocycles. The number of fused-ring (bicyclic) bond motifs is 2. The second-order valence-electron chi connectivity index (χ2n) is 8.81. The first-order chi connectivity index (χ1) is 13.7. The molecular formula is C23H28N4O2. The quantitative estimate of drug-likeness (QED) is 0.717. The molecule has 1 atom stereocenters. The van der Waals surface area contributed by atoms with Gasteiger partial charge < -0.3 is 5.32 Å². The van der Waals surface area contributed by atoms with E-state index in [1.54, 1.807) is 11.7 Å². The first kappa shape index (κ1) is 19.4. The summed E-state index contributed by atoms with van der Waals surface area (Å²) in [7, 11) is 1.77. The molecule has 0 spiro atoms. The highest BCUT2D eigenvalue weighted by Crippen LogP contribution is 2.41. The van der Waals surface area contributed by atoms with Crippen LogP contribution in [-0.4, -0.2) is 20.7 Å². The van der Waals surface area contributed by atoms with Gasteiger partial charge in [-0.3, -0.25) is 19.4 Å². The minimum Gasteiger partial charge on any atom is -0.349 e. The van der Waals surface area contributed by atoms with Crippen molar-refractivity contribution in [2.24, 2.45) is 7.05 Å². The summed E-state index contributed by atoms with van der Waals surface area (Å²) in [5.41, 5.74) is 5.53. The zero-order valence-electron chi connectivity index (χ0n) is 17.7. The number of carbonyl (C=O) groups excluding carboxylic acids is 1. The molecule has 29 heavy (non-hydrogen) atoms. The van der Waals surface area contributed by atoms with Gasteiger partial charge in [-0.25, -0.2) is 4.98 Å². The van der Waals surface area contributed by atoms with Crippen LogP contribution in [-0.2, 0) is 23.7 Å². The van der Waals surface area contributed by atoms with Gasteiger partial charge >= 0.3 is 0 Å². The van der Waals surface area contributed by atoms with Crippen LogP contribution in [0, 0.1) is 13.8 Å². The molecule has 2 N–H and O–H groups in total. The number of hydrogen-bond donors (Lipinski definition) is 2. The number of hydrogen-bond acceptors (Lipinski definition) is 3. The van der Waals surface area contributed by atoms with Gasteiger partial charge in [-0.2, -0.15) is 0 Å². The van der Waals surface area contributed by atoms with E-state index in [2.05, 4.69) is 47.4 Å². The second kappa shape index (κ2) is 6.87. The van der Waals surface area contributed by atoms with E-state index in [-0.39, 0.29) is 29.3 Å². The maximum atomic E-state index is 13.0. The molecule has 3 aromatic rings. The summed E-state index contributed by atoms with van der Waals surface area (Å²) in [6.45, 7) is 8.31. The number of amides is 1. The Hall–Kier alpha value is -2.89. The van der Waals surface area contributed by atoms with E-state index >= 15 is 0 Å². The number of carbonyl (C=O) groups is 1. The van der Waals surface area contributed by atoms with Crippen LogP contribution in [0.4, 0.5) is 0 Å². The van der Waals surface area contributed by atoms with Crippen molar-refractivity contribution in [3.8, 4) is 0 Å². The van der Waals surface area contributed by atoms with E-state index < -0.39 is 0 Å². The van der Waals surface area contributed by atoms with Crippen molar-refractivity contribution in [1.82, 2.24) is 20.1 Å². The van der Waals surface area contributed by atoms with E-state index in [0.717, 1.165) is 29.7 Å². The van der Waals surface area contributed by atoms with Crippen LogP contribution in [0.3, 0.4) is 0 Å². The Morgan fingerprint density at radius 1 is 1.31 bits per heavy atom. The van der Waals surface area contributed by atoms with Gasteiger partial charge in [-0.1, -0.05) is 38.1 Å². The van der Waals surface area contributed by atoms with Crippen molar-refractivity contribution in [3.05, 3.63) is 62.6 Å². The van der Waals surface area contributed by atoms with Crippen molar-refractivity contribution < 1.29 is 4.79 Å². The van der Waals surface area contributed by atoms with Crippen molar-refractivity contribution in [2.45, 2.75) is 58.4 Å². The van der Waals surface area contributed by atoms with Crippen LogP contribution in [0.2, 0.25) is 0 Å². The predicted molar refractivity (Wildman–Crippen MR) is 114 cm³/mol. The smallest absolute Gasteiger partial charge is 0.273 e. The number of nitrogens with one attached hydrogen (secondary N) is 2. The van der Waals surface area contributed by atoms with Crippen LogP contribution in [0.1, 0.15) is 60.7 Å². The molecule has 2 heterocycles. The van der Waals surface area contributed by atoms with Gasteiger partial charge in [0.15, 0.2) is 5.65 Å². The molecule has 0 aliphatic heterocycles. The highest BCUT2D eigenvalue weighted by atomic mass is 16.1. The molecule has 1 aliphatic rings. The first-order valence-corrected chi connectivity index (χ1v) is 10.1. The molecule has 4 rings (SSSR count). The number of nitrogens with zero attached hydrogens (tertiary/aromatic N) is 2. The molecule has 0 unspecified atom stereocenters. The maximum absolute atomic E-state index is 13.0. The molecule has 0 radical (unpaired) electrons. The van der Waals surface area contributed by atoms with Crippen LogP contribution in [0.5, 0.6) is 0 Å². The van der Waals surface area contributed by atoms with Crippen LogP contribution < -0.4 is 10.9 Å². The number of aromatic nitrogens is 3. The Bertz CT molecular complexity index is 1170. The fourth-order valence-corrected chi connectivity index (χ4v) is 4.68. The largest absolute Gasteiger partial charge is 0.349 e. The highest BCUT2D eigenvalue weighted by Gasteiger charge is 2.33. The molecular weight excluding hydrogens is 364 g/mol. The molecule has 6 nitrogen and oxygen atoms in total. The van der Waals surface area contributed by atoms with E-state index in [9.17, 15) is 9.59 Å². The molecule has 1 amide bonds. The Morgan fingerprint density at radius 2 is 2.03 bits per heavy atom. The number of rotatable bonds is 3. The van der Waals surface area contributed by atoms with Crippen molar-refractivity contribution in [2.75, 3.05) is 0 Å². The summed E-state index contributed by atoms with van der Waals surface area (Å²) in [5.74, 6) is -0.0378. The Morgan fingerprint density at radius 3 is 2.79 bits per heavy atom. The van der Waals surface area contributed by atoms with E-state index in [0.29, 0.717) is 11.0 Å². The topological polar surface area (TPSA) is 79.8 Å². The van der Waals surface area contributed by atoms with Crippen molar-refractivity contribution in [3.63, 3.8) is 0 Å². The van der Waals surface area contributed by atoms with Gasteiger partial charge in [0.2, 0.25) is 5.91 Å². The summed E-state index contributed by atoms with van der Waals surface area (Å²) in [5, 5.41) is 6.53. The lowest BCUT2D eigenvalue weighted by molar-refractivity contribution is -0.121. The number of pyridine rings is 1. The summed E-state index contributed by atoms with van der Waals surface area (Å²) < 4.78 is 1.63. The average molecular weight is 393 g/mol. The minimum absolute atomic E-state index is 0.0177. The average Bonchev–Trinajstić information content (AvgIpc) is 2.95. The molecule has 1 aliphatic carbocycles. The lowest BCUT2D eigenvalue weighted by Crippen LogP contribution is -2.36. The zero-order chi connectivity index (χ0) is 20.9. The SMILES string of the molecule is Cc1nc2c(c(C)c1CC(=O)N[C@H]1CCC(C)(C)c3ccccc31)c(=O)[nH]n2C. The summed E-state index contributed by atoms with van der Waals surface area (Å²) in [6, 6.07) is 8.41. The molecule has 0 saturated heterocycles. The highest BCUT2D eigenvalue weighted by molar-refractivity contribution is 5.85. The normalized spacial score (nSPS) is 17.9. The zero-order valence-corrected chi connectivity index (χ0v) is 17.7.